The van der Waals surface area contributed by atoms with Crippen LogP contribution < -0.4 is 0 Å². The van der Waals surface area contributed by atoms with Gasteiger partial charge in [-0.1, -0.05) is 12.1 Å². The quantitative estimate of drug-likeness (QED) is 0.690. The van der Waals surface area contributed by atoms with Gasteiger partial charge in [-0.3, -0.25) is 4.98 Å². The lowest BCUT2D eigenvalue weighted by Gasteiger charge is -2.08. The fourth-order valence-electron chi connectivity index (χ4n) is 1.45. The van der Waals surface area contributed by atoms with Gasteiger partial charge in [-0.2, -0.15) is 13.2 Å². The van der Waals surface area contributed by atoms with Gasteiger partial charge in [-0.25, -0.2) is 4.39 Å². The van der Waals surface area contributed by atoms with E-state index in [1.54, 1.807) is 12.1 Å². The summed E-state index contributed by atoms with van der Waals surface area (Å²) in [6.45, 7) is 0. The van der Waals surface area contributed by atoms with E-state index in [2.05, 4.69) is 4.98 Å². The molecule has 0 saturated carbocycles. The van der Waals surface area contributed by atoms with Crippen LogP contribution in [0.15, 0.2) is 42.7 Å². The molecule has 2 rings (SSSR count). The van der Waals surface area contributed by atoms with Gasteiger partial charge in [-0.05, 0) is 18.2 Å². The molecule has 0 saturated heterocycles. The number of rotatable bonds is 1. The lowest BCUT2D eigenvalue weighted by atomic mass is 10.0. The van der Waals surface area contributed by atoms with Gasteiger partial charge in [0.05, 0.1) is 5.56 Å². The lowest BCUT2D eigenvalue weighted by Crippen LogP contribution is -2.05. The Labute approximate surface area is 94.7 Å². The molecule has 2 aromatic rings. The van der Waals surface area contributed by atoms with Crippen molar-refractivity contribution in [2.24, 2.45) is 0 Å². The van der Waals surface area contributed by atoms with Gasteiger partial charge in [0.15, 0.2) is 0 Å². The Bertz CT molecular complexity index is 520. The van der Waals surface area contributed by atoms with Crippen LogP contribution in [0.5, 0.6) is 0 Å². The van der Waals surface area contributed by atoms with Crippen molar-refractivity contribution in [1.29, 1.82) is 0 Å². The zero-order chi connectivity index (χ0) is 12.5. The number of nitrogens with zero attached hydrogens (tertiary/aromatic N) is 1. The number of hydrogen-bond acceptors (Lipinski definition) is 1. The van der Waals surface area contributed by atoms with Crippen molar-refractivity contribution in [3.05, 3.63) is 54.1 Å². The molecule has 0 atom stereocenters. The lowest BCUT2D eigenvalue weighted by molar-refractivity contribution is -0.137. The van der Waals surface area contributed by atoms with Crippen molar-refractivity contribution in [3.63, 3.8) is 0 Å². The second kappa shape index (κ2) is 4.16. The SMILES string of the molecule is Fc1cc(C(F)(F)F)ccc1-c1cccnc1. The Morgan fingerprint density at radius 2 is 1.82 bits per heavy atom. The zero-order valence-electron chi connectivity index (χ0n) is 8.50. The maximum Gasteiger partial charge on any atom is 0.416 e. The van der Waals surface area contributed by atoms with E-state index in [9.17, 15) is 17.6 Å². The van der Waals surface area contributed by atoms with E-state index < -0.39 is 17.6 Å². The number of hydrogen-bond donors (Lipinski definition) is 0. The highest BCUT2D eigenvalue weighted by Crippen LogP contribution is 2.32. The molecule has 88 valence electrons. The molecule has 0 bridgehead atoms. The first-order valence-corrected chi connectivity index (χ1v) is 4.75. The minimum Gasteiger partial charge on any atom is -0.264 e. The molecule has 0 fully saturated rings. The van der Waals surface area contributed by atoms with Gasteiger partial charge in [0.2, 0.25) is 0 Å². The van der Waals surface area contributed by atoms with Gasteiger partial charge >= 0.3 is 6.18 Å². The Balaban J connectivity index is 2.46. The molecule has 0 spiro atoms. The largest absolute Gasteiger partial charge is 0.416 e. The molecular weight excluding hydrogens is 234 g/mol. The number of pyridine rings is 1. The van der Waals surface area contributed by atoms with E-state index in [-0.39, 0.29) is 5.56 Å². The molecule has 0 aliphatic carbocycles. The molecule has 1 aromatic carbocycles. The monoisotopic (exact) mass is 241 g/mol. The van der Waals surface area contributed by atoms with E-state index >= 15 is 0 Å². The van der Waals surface area contributed by atoms with Crippen molar-refractivity contribution in [1.82, 2.24) is 4.98 Å². The predicted molar refractivity (Wildman–Crippen MR) is 54.6 cm³/mol. The van der Waals surface area contributed by atoms with Crippen LogP contribution >= 0.6 is 0 Å². The first-order valence-electron chi connectivity index (χ1n) is 4.75. The average Bonchev–Trinajstić information content (AvgIpc) is 2.29. The summed E-state index contributed by atoms with van der Waals surface area (Å²) in [5.74, 6) is -0.909. The van der Waals surface area contributed by atoms with E-state index in [4.69, 9.17) is 0 Å². The minimum absolute atomic E-state index is 0.103. The molecular formula is C12H7F4N. The van der Waals surface area contributed by atoms with Crippen LogP contribution in [-0.2, 0) is 6.18 Å². The molecule has 0 N–H and O–H groups in total. The molecule has 1 aromatic heterocycles. The van der Waals surface area contributed by atoms with Crippen molar-refractivity contribution in [2.75, 3.05) is 0 Å². The van der Waals surface area contributed by atoms with Crippen LogP contribution in [-0.4, -0.2) is 4.98 Å². The third-order valence-corrected chi connectivity index (χ3v) is 2.27. The molecule has 1 nitrogen and oxygen atoms in total. The molecule has 0 aliphatic heterocycles. The topological polar surface area (TPSA) is 12.9 Å². The standard InChI is InChI=1S/C12H7F4N/c13-11-6-9(12(14,15)16)3-4-10(11)8-2-1-5-17-7-8/h1-7H. The third-order valence-electron chi connectivity index (χ3n) is 2.27. The van der Waals surface area contributed by atoms with E-state index in [1.165, 1.54) is 12.4 Å². The molecule has 5 heteroatoms. The van der Waals surface area contributed by atoms with E-state index in [1.807, 2.05) is 0 Å². The molecule has 0 unspecified atom stereocenters. The molecule has 1 heterocycles. The molecule has 0 amide bonds. The van der Waals surface area contributed by atoms with Crippen molar-refractivity contribution in [2.45, 2.75) is 6.18 Å². The van der Waals surface area contributed by atoms with Gasteiger partial charge in [0.25, 0.3) is 0 Å². The Hall–Kier alpha value is -1.91. The number of halogens is 4. The van der Waals surface area contributed by atoms with Crippen molar-refractivity contribution in [3.8, 4) is 11.1 Å². The zero-order valence-corrected chi connectivity index (χ0v) is 8.50. The summed E-state index contributed by atoms with van der Waals surface area (Å²) >= 11 is 0. The molecule has 0 radical (unpaired) electrons. The fourth-order valence-corrected chi connectivity index (χ4v) is 1.45. The molecule has 0 aliphatic rings. The predicted octanol–water partition coefficient (Wildman–Crippen LogP) is 3.91. The summed E-state index contributed by atoms with van der Waals surface area (Å²) in [4.78, 5) is 3.78. The smallest absolute Gasteiger partial charge is 0.264 e. The second-order valence-electron chi connectivity index (χ2n) is 3.43. The Morgan fingerprint density at radius 1 is 1.06 bits per heavy atom. The highest BCUT2D eigenvalue weighted by Gasteiger charge is 2.31. The van der Waals surface area contributed by atoms with Crippen molar-refractivity contribution >= 4 is 0 Å². The maximum atomic E-state index is 13.5. The van der Waals surface area contributed by atoms with Crippen LogP contribution in [0.3, 0.4) is 0 Å². The first-order chi connectivity index (χ1) is 7.98. The van der Waals surface area contributed by atoms with Gasteiger partial charge in [-0.15, -0.1) is 0 Å². The van der Waals surface area contributed by atoms with Gasteiger partial charge in [0, 0.05) is 23.5 Å². The highest BCUT2D eigenvalue weighted by molar-refractivity contribution is 5.63. The number of alkyl halides is 3. The fraction of sp³-hybridized carbons (Fsp3) is 0.0833. The van der Waals surface area contributed by atoms with Gasteiger partial charge in [0.1, 0.15) is 5.82 Å². The van der Waals surface area contributed by atoms with E-state index in [0.29, 0.717) is 11.6 Å². The summed E-state index contributed by atoms with van der Waals surface area (Å²) in [5.41, 5.74) is -0.451. The summed E-state index contributed by atoms with van der Waals surface area (Å²) in [5, 5.41) is 0. The van der Waals surface area contributed by atoms with E-state index in [0.717, 1.165) is 12.1 Å². The van der Waals surface area contributed by atoms with Crippen LogP contribution in [0.25, 0.3) is 11.1 Å². The minimum atomic E-state index is -4.53. The summed E-state index contributed by atoms with van der Waals surface area (Å²) in [6.07, 6.45) is -1.63. The Morgan fingerprint density at radius 3 is 2.35 bits per heavy atom. The van der Waals surface area contributed by atoms with Crippen LogP contribution in [0.2, 0.25) is 0 Å². The molecule has 17 heavy (non-hydrogen) atoms. The second-order valence-corrected chi connectivity index (χ2v) is 3.43. The number of aromatic nitrogens is 1. The Kier molecular flexibility index (Phi) is 2.83. The average molecular weight is 241 g/mol. The van der Waals surface area contributed by atoms with Crippen LogP contribution in [0.1, 0.15) is 5.56 Å². The van der Waals surface area contributed by atoms with Crippen LogP contribution in [0.4, 0.5) is 17.6 Å². The summed E-state index contributed by atoms with van der Waals surface area (Å²) < 4.78 is 50.5. The highest BCUT2D eigenvalue weighted by atomic mass is 19.4. The summed E-state index contributed by atoms with van der Waals surface area (Å²) in [6, 6.07) is 5.62. The van der Waals surface area contributed by atoms with Crippen molar-refractivity contribution < 1.29 is 17.6 Å². The normalized spacial score (nSPS) is 11.5. The van der Waals surface area contributed by atoms with Crippen LogP contribution in [0, 0.1) is 5.82 Å². The maximum absolute atomic E-state index is 13.5. The summed E-state index contributed by atoms with van der Waals surface area (Å²) in [7, 11) is 0. The first kappa shape index (κ1) is 11.6. The third kappa shape index (κ3) is 2.43. The van der Waals surface area contributed by atoms with Gasteiger partial charge < -0.3 is 0 Å². The number of benzene rings is 1.